The summed E-state index contributed by atoms with van der Waals surface area (Å²) in [5.74, 6) is -1.22. The second-order valence-corrected chi connectivity index (χ2v) is 6.25. The number of aliphatic carboxylic acids is 1. The van der Waals surface area contributed by atoms with Crippen LogP contribution in [0.25, 0.3) is 10.8 Å². The SMILES string of the molecule is O=C(NC(C(=O)O)C1CC1)c1ccc2cc(Br)ccc2c1. The van der Waals surface area contributed by atoms with Gasteiger partial charge in [0.05, 0.1) is 0 Å². The van der Waals surface area contributed by atoms with Crippen LogP contribution < -0.4 is 5.32 Å². The molecule has 3 rings (SSSR count). The Morgan fingerprint density at radius 3 is 2.48 bits per heavy atom. The first kappa shape index (κ1) is 14.1. The summed E-state index contributed by atoms with van der Waals surface area (Å²) in [6.07, 6.45) is 1.73. The topological polar surface area (TPSA) is 66.4 Å². The molecule has 1 fully saturated rings. The van der Waals surface area contributed by atoms with E-state index in [1.807, 2.05) is 24.3 Å². The Kier molecular flexibility index (Phi) is 3.68. The Labute approximate surface area is 130 Å². The Hall–Kier alpha value is -1.88. The third kappa shape index (κ3) is 3.08. The highest BCUT2D eigenvalue weighted by molar-refractivity contribution is 9.10. The van der Waals surface area contributed by atoms with E-state index >= 15 is 0 Å². The molecule has 0 heterocycles. The molecule has 5 heteroatoms. The summed E-state index contributed by atoms with van der Waals surface area (Å²) < 4.78 is 0.979. The first-order valence-electron chi connectivity index (χ1n) is 6.77. The van der Waals surface area contributed by atoms with Crippen molar-refractivity contribution >= 4 is 38.6 Å². The van der Waals surface area contributed by atoms with Crippen LogP contribution in [0, 0.1) is 5.92 Å². The van der Waals surface area contributed by atoms with Crippen LogP contribution in [0.2, 0.25) is 0 Å². The fourth-order valence-electron chi connectivity index (χ4n) is 2.39. The number of rotatable bonds is 4. The normalized spacial score (nSPS) is 15.7. The number of carboxylic acid groups (broad SMARTS) is 1. The van der Waals surface area contributed by atoms with E-state index in [9.17, 15) is 9.59 Å². The largest absolute Gasteiger partial charge is 0.480 e. The lowest BCUT2D eigenvalue weighted by Crippen LogP contribution is -2.42. The van der Waals surface area contributed by atoms with Gasteiger partial charge >= 0.3 is 5.97 Å². The van der Waals surface area contributed by atoms with Gasteiger partial charge in [-0.15, -0.1) is 0 Å². The number of carbonyl (C=O) groups is 2. The predicted molar refractivity (Wildman–Crippen MR) is 83.3 cm³/mol. The van der Waals surface area contributed by atoms with E-state index in [2.05, 4.69) is 21.2 Å². The van der Waals surface area contributed by atoms with Gasteiger partial charge in [-0.25, -0.2) is 4.79 Å². The van der Waals surface area contributed by atoms with E-state index in [1.54, 1.807) is 12.1 Å². The standard InChI is InChI=1S/C16H14BrNO3/c17-13-6-5-10-7-12(4-3-11(10)8-13)15(19)18-14(16(20)21)9-1-2-9/h3-9,14H,1-2H2,(H,18,19)(H,20,21). The quantitative estimate of drug-likeness (QED) is 0.892. The molecule has 0 spiro atoms. The summed E-state index contributed by atoms with van der Waals surface area (Å²) in [4.78, 5) is 23.4. The van der Waals surface area contributed by atoms with E-state index < -0.39 is 12.0 Å². The number of carbonyl (C=O) groups excluding carboxylic acids is 1. The number of hydrogen-bond donors (Lipinski definition) is 2. The van der Waals surface area contributed by atoms with Crippen molar-refractivity contribution in [1.29, 1.82) is 0 Å². The Morgan fingerprint density at radius 2 is 1.81 bits per heavy atom. The van der Waals surface area contributed by atoms with Crippen molar-refractivity contribution in [3.8, 4) is 0 Å². The van der Waals surface area contributed by atoms with Crippen LogP contribution in [-0.2, 0) is 4.79 Å². The number of carboxylic acids is 1. The van der Waals surface area contributed by atoms with Crippen molar-refractivity contribution in [2.45, 2.75) is 18.9 Å². The third-order valence-electron chi connectivity index (χ3n) is 3.71. The summed E-state index contributed by atoms with van der Waals surface area (Å²) in [5.41, 5.74) is 0.483. The summed E-state index contributed by atoms with van der Waals surface area (Å²) >= 11 is 3.41. The van der Waals surface area contributed by atoms with Gasteiger partial charge in [-0.1, -0.05) is 28.1 Å². The van der Waals surface area contributed by atoms with Crippen molar-refractivity contribution in [2.75, 3.05) is 0 Å². The van der Waals surface area contributed by atoms with Crippen LogP contribution in [0.1, 0.15) is 23.2 Å². The van der Waals surface area contributed by atoms with Gasteiger partial charge in [-0.3, -0.25) is 4.79 Å². The van der Waals surface area contributed by atoms with Crippen molar-refractivity contribution in [3.05, 3.63) is 46.4 Å². The number of hydrogen-bond acceptors (Lipinski definition) is 2. The van der Waals surface area contributed by atoms with Crippen LogP contribution in [0.4, 0.5) is 0 Å². The average Bonchev–Trinajstić information content (AvgIpc) is 3.28. The molecule has 1 aliphatic rings. The van der Waals surface area contributed by atoms with Gasteiger partial charge in [0.15, 0.2) is 0 Å². The lowest BCUT2D eigenvalue weighted by molar-refractivity contribution is -0.139. The van der Waals surface area contributed by atoms with E-state index in [1.165, 1.54) is 0 Å². The first-order valence-corrected chi connectivity index (χ1v) is 7.57. The molecule has 2 aromatic rings. The minimum atomic E-state index is -0.962. The van der Waals surface area contributed by atoms with Crippen LogP contribution in [0.3, 0.4) is 0 Å². The zero-order chi connectivity index (χ0) is 15.0. The van der Waals surface area contributed by atoms with Gasteiger partial charge in [-0.05, 0) is 53.8 Å². The predicted octanol–water partition coefficient (Wildman–Crippen LogP) is 3.20. The molecule has 1 aliphatic carbocycles. The number of benzene rings is 2. The molecule has 2 N–H and O–H groups in total. The molecule has 4 nitrogen and oxygen atoms in total. The molecular formula is C16H14BrNO3. The molecule has 1 unspecified atom stereocenters. The monoisotopic (exact) mass is 347 g/mol. The van der Waals surface area contributed by atoms with Crippen LogP contribution in [0.5, 0.6) is 0 Å². The molecule has 0 radical (unpaired) electrons. The van der Waals surface area contributed by atoms with E-state index in [0.717, 1.165) is 28.1 Å². The van der Waals surface area contributed by atoms with Gasteiger partial charge in [0.2, 0.25) is 0 Å². The molecule has 0 aromatic heterocycles. The van der Waals surface area contributed by atoms with E-state index in [0.29, 0.717) is 5.56 Å². The minimum absolute atomic E-state index is 0.0721. The molecule has 1 saturated carbocycles. The Balaban J connectivity index is 1.84. The maximum atomic E-state index is 12.2. The van der Waals surface area contributed by atoms with Crippen molar-refractivity contribution < 1.29 is 14.7 Å². The molecular weight excluding hydrogens is 334 g/mol. The molecule has 0 saturated heterocycles. The average molecular weight is 348 g/mol. The molecule has 108 valence electrons. The number of amides is 1. The minimum Gasteiger partial charge on any atom is -0.480 e. The van der Waals surface area contributed by atoms with Crippen LogP contribution in [0.15, 0.2) is 40.9 Å². The Morgan fingerprint density at radius 1 is 1.14 bits per heavy atom. The highest BCUT2D eigenvalue weighted by atomic mass is 79.9. The van der Waals surface area contributed by atoms with E-state index in [-0.39, 0.29) is 11.8 Å². The van der Waals surface area contributed by atoms with Crippen molar-refractivity contribution in [3.63, 3.8) is 0 Å². The summed E-state index contributed by atoms with van der Waals surface area (Å²) in [6.45, 7) is 0. The third-order valence-corrected chi connectivity index (χ3v) is 4.20. The van der Waals surface area contributed by atoms with Crippen LogP contribution in [-0.4, -0.2) is 23.0 Å². The fraction of sp³-hybridized carbons (Fsp3) is 0.250. The van der Waals surface area contributed by atoms with Crippen molar-refractivity contribution in [2.24, 2.45) is 5.92 Å². The zero-order valence-corrected chi connectivity index (χ0v) is 12.8. The molecule has 1 amide bonds. The highest BCUT2D eigenvalue weighted by Crippen LogP contribution is 2.33. The maximum Gasteiger partial charge on any atom is 0.326 e. The number of fused-ring (bicyclic) bond motifs is 1. The van der Waals surface area contributed by atoms with Gasteiger partial charge in [-0.2, -0.15) is 0 Å². The van der Waals surface area contributed by atoms with E-state index in [4.69, 9.17) is 5.11 Å². The fourth-order valence-corrected chi connectivity index (χ4v) is 2.77. The lowest BCUT2D eigenvalue weighted by Gasteiger charge is -2.13. The van der Waals surface area contributed by atoms with Gasteiger partial charge in [0, 0.05) is 10.0 Å². The molecule has 0 aliphatic heterocycles. The highest BCUT2D eigenvalue weighted by Gasteiger charge is 2.37. The molecule has 2 aromatic carbocycles. The number of nitrogens with one attached hydrogen (secondary N) is 1. The second-order valence-electron chi connectivity index (χ2n) is 5.33. The summed E-state index contributed by atoms with van der Waals surface area (Å²) in [5, 5.41) is 13.8. The molecule has 21 heavy (non-hydrogen) atoms. The van der Waals surface area contributed by atoms with Gasteiger partial charge < -0.3 is 10.4 Å². The van der Waals surface area contributed by atoms with Crippen molar-refractivity contribution in [1.82, 2.24) is 5.32 Å². The summed E-state index contributed by atoms with van der Waals surface area (Å²) in [6, 6.07) is 10.4. The number of halogens is 1. The smallest absolute Gasteiger partial charge is 0.326 e. The molecule has 1 atom stereocenters. The molecule has 0 bridgehead atoms. The Bertz CT molecular complexity index is 725. The van der Waals surface area contributed by atoms with Gasteiger partial charge in [0.25, 0.3) is 5.91 Å². The zero-order valence-electron chi connectivity index (χ0n) is 11.2. The lowest BCUT2D eigenvalue weighted by atomic mass is 10.1. The first-order chi connectivity index (χ1) is 10.0. The second kappa shape index (κ2) is 5.48. The summed E-state index contributed by atoms with van der Waals surface area (Å²) in [7, 11) is 0. The van der Waals surface area contributed by atoms with Crippen LogP contribution >= 0.6 is 15.9 Å². The van der Waals surface area contributed by atoms with Gasteiger partial charge in [0.1, 0.15) is 6.04 Å². The maximum absolute atomic E-state index is 12.2.